The molecule has 19 N–H and O–H groups in total. The highest BCUT2D eigenvalue weighted by Crippen LogP contribution is 2.32. The quantitative estimate of drug-likeness (QED) is 0.0231. The van der Waals surface area contributed by atoms with Gasteiger partial charge < -0.3 is 98.1 Å². The predicted octanol–water partition coefficient (Wildman–Crippen LogP) is 0.444. The van der Waals surface area contributed by atoms with Crippen LogP contribution in [0.5, 0.6) is 11.5 Å². The van der Waals surface area contributed by atoms with Gasteiger partial charge in [-0.3, -0.25) is 62.9 Å². The van der Waals surface area contributed by atoms with E-state index >= 15 is 9.18 Å². The molecular weight excluding hydrogens is 1610 g/mol. The standard InChI is InChI=1S/C80H106ClFN16O21S/c1-9-48-36-54(118-7)22-23-55(48)49-18-16-47(17-19-49)35-60(72(109)89-57(69(83)106)29-33-119-63-26-20-51(81)34-44(63)2)91-73(110)61(38-66(104)105)92-71(108)59(24-21-52-39-84-42-87-52)90-74(111)67(45(3)99)95-77(114)79(5,31-28-50-14-10-11-15-56(50)82)96-75(112)68(46(4)100)94-64(101)41-86-70(107)58(25-27-65(102)103)93-78(115)80(6)30-12-13-32-98(80)76(113)62(97-120(8,116)117)37-53-40-85-43-88-53/h10-11,14-20,22-23,26,34,36,39-40,42-43,45-46,57-62,67-68,70,86,97,99-100,107H,9,12-13,21,24-25,27-33,35,37-38,41H2,1-8H3,(H2,83,106)(H,84,87)(H,85,88)(H,89,109)(H,90,111)(H,91,110)(H,92,108)(H,93,115)(H,94,101)(H,95,114)(H,96,112)(H,102,103)(H,104,105)/t45-,46-,57+,58+,59+,60+,61+,62+,67+,68+,70?,79+,80+/m1/s1. The first-order valence-corrected chi connectivity index (χ1v) is 41.1. The number of ether oxygens (including phenoxy) is 2. The third kappa shape index (κ3) is 28.3. The van der Waals surface area contributed by atoms with Crippen LogP contribution in [0.3, 0.4) is 0 Å². The number of methoxy groups -OCH3 is 1. The first-order valence-electron chi connectivity index (χ1n) is 38.8. The zero-order valence-corrected chi connectivity index (χ0v) is 69.2. The van der Waals surface area contributed by atoms with E-state index in [0.29, 0.717) is 58.3 Å². The van der Waals surface area contributed by atoms with Crippen LogP contribution in [0.1, 0.15) is 126 Å². The zero-order chi connectivity index (χ0) is 88.3. The number of carbonyl (C=O) groups excluding carboxylic acids is 10. The maximum Gasteiger partial charge on any atom is 0.305 e. The van der Waals surface area contributed by atoms with Crippen LogP contribution in [0.15, 0.2) is 110 Å². The third-order valence-corrected chi connectivity index (χ3v) is 21.3. The molecule has 10 amide bonds. The number of hydrogen-bond acceptors (Lipinski definition) is 22. The molecule has 13 atom stereocenters. The molecule has 0 spiro atoms. The average molecular weight is 1710 g/mol. The number of primary amides is 1. The summed E-state index contributed by atoms with van der Waals surface area (Å²) in [4.78, 5) is 184. The van der Waals surface area contributed by atoms with E-state index in [9.17, 15) is 86.7 Å². The van der Waals surface area contributed by atoms with Gasteiger partial charge >= 0.3 is 11.9 Å². The molecule has 652 valence electrons. The fraction of sp³-hybridized carbons (Fsp3) is 0.475. The molecule has 0 saturated carbocycles. The smallest absolute Gasteiger partial charge is 0.305 e. The summed E-state index contributed by atoms with van der Waals surface area (Å²) in [6.45, 7) is 7.34. The lowest BCUT2D eigenvalue weighted by molar-refractivity contribution is -0.152. The molecule has 1 saturated heterocycles. The van der Waals surface area contributed by atoms with Crippen molar-refractivity contribution in [2.75, 3.05) is 33.1 Å². The van der Waals surface area contributed by atoms with Crippen molar-refractivity contribution in [2.45, 2.75) is 209 Å². The number of H-pyrrole nitrogens is 2. The van der Waals surface area contributed by atoms with Gasteiger partial charge in [0.1, 0.15) is 76.9 Å². The number of aromatic nitrogens is 4. The van der Waals surface area contributed by atoms with Crippen LogP contribution in [0.4, 0.5) is 4.39 Å². The number of piperidine rings is 1. The van der Waals surface area contributed by atoms with Gasteiger partial charge in [-0.15, -0.1) is 0 Å². The SMILES string of the molecule is CCc1cc(OC)ccc1-c1ccc(C[C@H](NC(=O)[C@H](CC(=O)O)NC(=O)[C@H](CCc2c[nH]cn2)NC(=O)[C@@H](NC(=O)[C@](C)(CCc2ccccc2F)NC(=O)[C@@H](NC(=O)CNC(O)[C@H](CCC(=O)O)NC(=O)[C@]2(C)CCCCN2C(=O)[C@H](Cc2c[nH]cn2)NS(C)(=O)=O)[C@@H](C)O)[C@@H](C)O)C(=O)N[C@@H](CCOc2ccc(Cl)cc2C)C(N)=O)cc1. The molecule has 0 radical (unpaired) electrons. The number of carboxylic acids is 2. The number of amides is 10. The van der Waals surface area contributed by atoms with Gasteiger partial charge in [0.05, 0.1) is 75.2 Å². The number of rotatable bonds is 47. The van der Waals surface area contributed by atoms with Gasteiger partial charge in [-0.05, 0) is 162 Å². The third-order valence-electron chi connectivity index (χ3n) is 20.4. The first kappa shape index (κ1) is 95.6. The molecule has 37 nitrogen and oxygen atoms in total. The van der Waals surface area contributed by atoms with Crippen molar-refractivity contribution in [2.24, 2.45) is 5.73 Å². The van der Waals surface area contributed by atoms with E-state index in [1.807, 2.05) is 19.1 Å². The largest absolute Gasteiger partial charge is 0.497 e. The number of sulfonamides is 1. The summed E-state index contributed by atoms with van der Waals surface area (Å²) in [6, 6.07) is 8.92. The second-order valence-corrected chi connectivity index (χ2v) is 32.0. The van der Waals surface area contributed by atoms with Crippen LogP contribution < -0.4 is 67.8 Å². The Kier molecular flexibility index (Phi) is 35.5. The molecule has 1 aliphatic heterocycles. The van der Waals surface area contributed by atoms with Gasteiger partial charge in [0.25, 0.3) is 0 Å². The fourth-order valence-corrected chi connectivity index (χ4v) is 14.5. The lowest BCUT2D eigenvalue weighted by atomic mass is 9.86. The van der Waals surface area contributed by atoms with E-state index in [0.717, 1.165) is 49.8 Å². The van der Waals surface area contributed by atoms with Crippen LogP contribution in [0.2, 0.25) is 5.02 Å². The summed E-state index contributed by atoms with van der Waals surface area (Å²) in [7, 11) is -2.47. The minimum Gasteiger partial charge on any atom is -0.497 e. The van der Waals surface area contributed by atoms with Crippen molar-refractivity contribution in [3.05, 3.63) is 154 Å². The number of imidazole rings is 2. The number of nitrogens with two attached hydrogens (primary N) is 1. The van der Waals surface area contributed by atoms with E-state index in [-0.39, 0.29) is 63.7 Å². The molecule has 1 aliphatic rings. The summed E-state index contributed by atoms with van der Waals surface area (Å²) < 4.78 is 54.0. The number of aromatic amines is 2. The van der Waals surface area contributed by atoms with Gasteiger partial charge in [-0.1, -0.05) is 67.1 Å². The van der Waals surface area contributed by atoms with Crippen LogP contribution in [0, 0.1) is 12.7 Å². The monoisotopic (exact) mass is 1710 g/mol. The number of carboxylic acid groups (broad SMARTS) is 2. The molecular formula is C80H106ClFN16O21S. The topological polar surface area (TPSA) is 566 Å². The molecule has 120 heavy (non-hydrogen) atoms. The van der Waals surface area contributed by atoms with Gasteiger partial charge in [0.2, 0.25) is 69.1 Å². The Bertz CT molecular complexity index is 4680. The van der Waals surface area contributed by atoms with E-state index in [4.69, 9.17) is 26.8 Å². The summed E-state index contributed by atoms with van der Waals surface area (Å²) >= 11 is 6.13. The highest BCUT2D eigenvalue weighted by Gasteiger charge is 2.48. The summed E-state index contributed by atoms with van der Waals surface area (Å²) in [5.74, 6) is -13.7. The Morgan fingerprint density at radius 3 is 1.95 bits per heavy atom. The van der Waals surface area contributed by atoms with Crippen LogP contribution in [-0.2, 0) is 99.7 Å². The number of halogens is 2. The molecule has 40 heteroatoms. The lowest BCUT2D eigenvalue weighted by Crippen LogP contribution is -2.66. The Labute approximate surface area is 697 Å². The van der Waals surface area contributed by atoms with E-state index in [1.165, 1.54) is 55.1 Å². The predicted molar refractivity (Wildman–Crippen MR) is 433 cm³/mol. The summed E-state index contributed by atoms with van der Waals surface area (Å²) in [6.07, 6.45) is -1.97. The van der Waals surface area contributed by atoms with Crippen LogP contribution >= 0.6 is 11.6 Å². The Morgan fingerprint density at radius 2 is 1.34 bits per heavy atom. The van der Waals surface area contributed by atoms with Gasteiger partial charge in [0, 0.05) is 49.6 Å². The highest BCUT2D eigenvalue weighted by molar-refractivity contribution is 7.88. The summed E-state index contributed by atoms with van der Waals surface area (Å²) in [5.41, 5.74) is 6.22. The second-order valence-electron chi connectivity index (χ2n) is 29.8. The molecule has 1 unspecified atom stereocenters. The number of hydrogen-bond donors (Lipinski definition) is 18. The minimum absolute atomic E-state index is 0.0145. The van der Waals surface area contributed by atoms with Crippen molar-refractivity contribution in [1.82, 2.24) is 77.4 Å². The molecule has 7 rings (SSSR count). The summed E-state index contributed by atoms with van der Waals surface area (Å²) in [5, 5.41) is 76.6. The maximum atomic E-state index is 15.4. The van der Waals surface area contributed by atoms with Gasteiger partial charge in [-0.2, -0.15) is 0 Å². The Balaban J connectivity index is 1.09. The molecule has 3 heterocycles. The van der Waals surface area contributed by atoms with Crippen molar-refractivity contribution in [3.8, 4) is 22.6 Å². The molecule has 4 aromatic carbocycles. The number of aliphatic hydroxyl groups is 3. The average Bonchev–Trinajstić information content (AvgIpc) is 0.844. The van der Waals surface area contributed by atoms with E-state index in [2.05, 4.69) is 72.5 Å². The Hall–Kier alpha value is -11.5. The van der Waals surface area contributed by atoms with Crippen molar-refractivity contribution in [1.29, 1.82) is 0 Å². The van der Waals surface area contributed by atoms with Gasteiger partial charge in [-0.25, -0.2) is 27.5 Å². The molecule has 1 fully saturated rings. The number of likely N-dealkylation sites (tertiary alicyclic amines) is 1. The number of aryl methyl sites for hydroxylation is 4. The molecule has 0 bridgehead atoms. The highest BCUT2D eigenvalue weighted by atomic mass is 35.5. The van der Waals surface area contributed by atoms with Crippen molar-refractivity contribution >= 4 is 92.6 Å². The van der Waals surface area contributed by atoms with E-state index in [1.54, 1.807) is 62.6 Å². The molecule has 6 aromatic rings. The Morgan fingerprint density at radius 1 is 0.708 bits per heavy atom. The van der Waals surface area contributed by atoms with E-state index < -0.39 is 197 Å². The maximum absolute atomic E-state index is 15.4. The fourth-order valence-electron chi connectivity index (χ4n) is 13.5. The molecule has 0 aliphatic carbocycles. The number of aliphatic carboxylic acids is 2. The number of nitrogens with zero attached hydrogens (tertiary/aromatic N) is 3. The van der Waals surface area contributed by atoms with Gasteiger partial charge in [0.15, 0.2) is 0 Å². The zero-order valence-electron chi connectivity index (χ0n) is 67.6. The second kappa shape index (κ2) is 44.5. The number of nitrogens with one attached hydrogen (secondary N) is 12. The minimum atomic E-state index is -4.01. The van der Waals surface area contributed by atoms with Crippen LogP contribution in [-0.4, -0.2) is 241 Å². The van der Waals surface area contributed by atoms with Crippen molar-refractivity contribution in [3.63, 3.8) is 0 Å². The van der Waals surface area contributed by atoms with Crippen LogP contribution in [0.25, 0.3) is 11.1 Å². The molecule has 2 aromatic heterocycles. The number of aliphatic hydroxyl groups excluding tert-OH is 3. The first-order chi connectivity index (χ1) is 56.7. The van der Waals surface area contributed by atoms with Crippen molar-refractivity contribution < 1.29 is 105 Å². The normalized spacial score (nSPS) is 16.7. The lowest BCUT2D eigenvalue weighted by Gasteiger charge is -2.45. The number of benzene rings is 4. The number of carbonyl (C=O) groups is 12.